The minimum Gasteiger partial charge on any atom is -0.465 e. The first-order chi connectivity index (χ1) is 10.3. The van der Waals surface area contributed by atoms with E-state index in [0.717, 1.165) is 34.5 Å². The molecule has 3 rings (SSSR count). The number of ether oxygens (including phenoxy) is 1. The lowest BCUT2D eigenvalue weighted by molar-refractivity contribution is 0.320. The van der Waals surface area contributed by atoms with Gasteiger partial charge in [0.1, 0.15) is 11.5 Å². The number of benzene rings is 2. The van der Waals surface area contributed by atoms with E-state index in [1.807, 2.05) is 55.6 Å². The van der Waals surface area contributed by atoms with Gasteiger partial charge in [-0.25, -0.2) is 0 Å². The second-order valence-electron chi connectivity index (χ2n) is 4.75. The summed E-state index contributed by atoms with van der Waals surface area (Å²) >= 11 is 0. The zero-order chi connectivity index (χ0) is 14.7. The van der Waals surface area contributed by atoms with Crippen molar-refractivity contribution in [3.05, 3.63) is 65.9 Å². The molecule has 0 heterocycles. The quantitative estimate of drug-likeness (QED) is 0.439. The first-order valence-electron chi connectivity index (χ1n) is 6.77. The molecule has 1 aliphatic rings. The van der Waals surface area contributed by atoms with Crippen LogP contribution >= 0.6 is 0 Å². The standard InChI is InChI=1S/C17H16N2O2/c1-18-9-4-10-21-12-7-8-14-13-5-2-3-6-15(13)17(19-20)16(14)11-12/h2-8,10-11,18,20H,9H2,1H3/b10-4+,19-17-. The van der Waals surface area contributed by atoms with Crippen LogP contribution in [0.25, 0.3) is 11.1 Å². The van der Waals surface area contributed by atoms with Crippen LogP contribution < -0.4 is 10.1 Å². The largest absolute Gasteiger partial charge is 0.465 e. The number of hydrogen-bond acceptors (Lipinski definition) is 4. The van der Waals surface area contributed by atoms with Crippen molar-refractivity contribution in [1.82, 2.24) is 5.32 Å². The molecule has 0 amide bonds. The van der Waals surface area contributed by atoms with Gasteiger partial charge in [-0.2, -0.15) is 0 Å². The molecule has 0 aromatic heterocycles. The lowest BCUT2D eigenvalue weighted by atomic mass is 10.1. The van der Waals surface area contributed by atoms with E-state index >= 15 is 0 Å². The molecule has 2 aromatic carbocycles. The summed E-state index contributed by atoms with van der Waals surface area (Å²) in [6, 6.07) is 13.7. The summed E-state index contributed by atoms with van der Waals surface area (Å²) in [5, 5.41) is 15.8. The number of hydrogen-bond donors (Lipinski definition) is 2. The third-order valence-corrected chi connectivity index (χ3v) is 3.44. The van der Waals surface area contributed by atoms with Crippen LogP contribution in [0.4, 0.5) is 0 Å². The second-order valence-corrected chi connectivity index (χ2v) is 4.75. The van der Waals surface area contributed by atoms with Gasteiger partial charge < -0.3 is 15.3 Å². The minimum atomic E-state index is 0.588. The molecule has 106 valence electrons. The molecule has 0 saturated heterocycles. The summed E-state index contributed by atoms with van der Waals surface area (Å²) in [5.74, 6) is 0.718. The monoisotopic (exact) mass is 280 g/mol. The highest BCUT2D eigenvalue weighted by atomic mass is 16.5. The van der Waals surface area contributed by atoms with Crippen LogP contribution in [0.1, 0.15) is 11.1 Å². The Morgan fingerprint density at radius 1 is 1.10 bits per heavy atom. The summed E-state index contributed by atoms with van der Waals surface area (Å²) in [4.78, 5) is 0. The summed E-state index contributed by atoms with van der Waals surface area (Å²) in [6.07, 6.45) is 3.54. The molecule has 4 nitrogen and oxygen atoms in total. The SMILES string of the molecule is CNC/C=C/Oc1ccc2c(c1)/C(=N\O)c1ccccc1-2. The number of oxime groups is 1. The van der Waals surface area contributed by atoms with Gasteiger partial charge in [-0.3, -0.25) is 0 Å². The lowest BCUT2D eigenvalue weighted by Crippen LogP contribution is -2.04. The van der Waals surface area contributed by atoms with Crippen LogP contribution in [0, 0.1) is 0 Å². The molecule has 0 fully saturated rings. The van der Waals surface area contributed by atoms with Gasteiger partial charge in [0.25, 0.3) is 0 Å². The molecular weight excluding hydrogens is 264 g/mol. The molecule has 4 heteroatoms. The Morgan fingerprint density at radius 3 is 2.62 bits per heavy atom. The number of likely N-dealkylation sites (N-methyl/N-ethyl adjacent to an activating group) is 1. The van der Waals surface area contributed by atoms with Gasteiger partial charge in [0.05, 0.1) is 6.26 Å². The highest BCUT2D eigenvalue weighted by Gasteiger charge is 2.25. The van der Waals surface area contributed by atoms with E-state index in [1.165, 1.54) is 0 Å². The van der Waals surface area contributed by atoms with Gasteiger partial charge in [0.15, 0.2) is 0 Å². The van der Waals surface area contributed by atoms with E-state index in [9.17, 15) is 5.21 Å². The van der Waals surface area contributed by atoms with Crippen LogP contribution in [-0.2, 0) is 0 Å². The Kier molecular flexibility index (Phi) is 3.71. The van der Waals surface area contributed by atoms with Crippen molar-refractivity contribution in [2.24, 2.45) is 5.16 Å². The zero-order valence-corrected chi connectivity index (χ0v) is 11.7. The minimum absolute atomic E-state index is 0.588. The number of nitrogens with zero attached hydrogens (tertiary/aromatic N) is 1. The maximum atomic E-state index is 9.32. The van der Waals surface area contributed by atoms with Crippen LogP contribution in [0.2, 0.25) is 0 Å². The predicted molar refractivity (Wildman–Crippen MR) is 83.0 cm³/mol. The molecule has 0 radical (unpaired) electrons. The normalized spacial score (nSPS) is 14.4. The zero-order valence-electron chi connectivity index (χ0n) is 11.7. The summed E-state index contributed by atoms with van der Waals surface area (Å²) in [5.41, 5.74) is 4.56. The molecule has 0 spiro atoms. The van der Waals surface area contributed by atoms with E-state index in [0.29, 0.717) is 5.71 Å². The fourth-order valence-electron chi connectivity index (χ4n) is 2.50. The molecule has 21 heavy (non-hydrogen) atoms. The average molecular weight is 280 g/mol. The summed E-state index contributed by atoms with van der Waals surface area (Å²) < 4.78 is 5.57. The lowest BCUT2D eigenvalue weighted by Gasteiger charge is -2.04. The third-order valence-electron chi connectivity index (χ3n) is 3.44. The third kappa shape index (κ3) is 2.41. The Morgan fingerprint density at radius 2 is 1.86 bits per heavy atom. The highest BCUT2D eigenvalue weighted by molar-refractivity contribution is 6.24. The molecule has 0 saturated carbocycles. The van der Waals surface area contributed by atoms with Crippen molar-refractivity contribution in [2.75, 3.05) is 13.6 Å². The number of rotatable bonds is 4. The first kappa shape index (κ1) is 13.4. The van der Waals surface area contributed by atoms with Gasteiger partial charge in [0.2, 0.25) is 0 Å². The number of fused-ring (bicyclic) bond motifs is 3. The van der Waals surface area contributed by atoms with E-state index in [1.54, 1.807) is 6.26 Å². The maximum Gasteiger partial charge on any atom is 0.127 e. The van der Waals surface area contributed by atoms with Crippen molar-refractivity contribution in [3.63, 3.8) is 0 Å². The van der Waals surface area contributed by atoms with Crippen LogP contribution in [0.5, 0.6) is 5.75 Å². The predicted octanol–water partition coefficient (Wildman–Crippen LogP) is 3.01. The molecule has 1 aliphatic carbocycles. The summed E-state index contributed by atoms with van der Waals surface area (Å²) in [6.45, 7) is 0.750. The smallest absolute Gasteiger partial charge is 0.127 e. The van der Waals surface area contributed by atoms with E-state index < -0.39 is 0 Å². The van der Waals surface area contributed by atoms with Gasteiger partial charge >= 0.3 is 0 Å². The number of nitrogens with one attached hydrogen (secondary N) is 1. The van der Waals surface area contributed by atoms with E-state index in [2.05, 4.69) is 10.5 Å². The molecule has 0 aliphatic heterocycles. The molecule has 0 unspecified atom stereocenters. The fraction of sp³-hybridized carbons (Fsp3) is 0.118. The Hall–Kier alpha value is -2.59. The van der Waals surface area contributed by atoms with Crippen molar-refractivity contribution in [3.8, 4) is 16.9 Å². The van der Waals surface area contributed by atoms with Gasteiger partial charge in [0, 0.05) is 17.7 Å². The van der Waals surface area contributed by atoms with Gasteiger partial charge in [-0.05, 0) is 42.4 Å². The second kappa shape index (κ2) is 5.81. The maximum absolute atomic E-state index is 9.32. The van der Waals surface area contributed by atoms with Crippen LogP contribution in [-0.4, -0.2) is 24.5 Å². The molecule has 0 atom stereocenters. The van der Waals surface area contributed by atoms with Gasteiger partial charge in [-0.1, -0.05) is 29.4 Å². The van der Waals surface area contributed by atoms with E-state index in [-0.39, 0.29) is 0 Å². The van der Waals surface area contributed by atoms with Crippen molar-refractivity contribution < 1.29 is 9.94 Å². The van der Waals surface area contributed by atoms with E-state index in [4.69, 9.17) is 4.74 Å². The van der Waals surface area contributed by atoms with Crippen molar-refractivity contribution in [2.45, 2.75) is 0 Å². The first-order valence-corrected chi connectivity index (χ1v) is 6.77. The molecule has 2 N–H and O–H groups in total. The fourth-order valence-corrected chi connectivity index (χ4v) is 2.50. The topological polar surface area (TPSA) is 53.8 Å². The van der Waals surface area contributed by atoms with Crippen molar-refractivity contribution in [1.29, 1.82) is 0 Å². The Balaban J connectivity index is 1.96. The Labute approximate surface area is 123 Å². The molecule has 2 aromatic rings. The summed E-state index contributed by atoms with van der Waals surface area (Å²) in [7, 11) is 1.88. The average Bonchev–Trinajstić information content (AvgIpc) is 2.84. The Bertz CT molecular complexity index is 720. The van der Waals surface area contributed by atoms with Crippen LogP contribution in [0.3, 0.4) is 0 Å². The van der Waals surface area contributed by atoms with Crippen molar-refractivity contribution >= 4 is 5.71 Å². The highest BCUT2D eigenvalue weighted by Crippen LogP contribution is 2.38. The van der Waals surface area contributed by atoms with Crippen LogP contribution in [0.15, 0.2) is 60.0 Å². The molecular formula is C17H16N2O2. The van der Waals surface area contributed by atoms with Gasteiger partial charge in [-0.15, -0.1) is 0 Å². The molecule has 0 bridgehead atoms.